The summed E-state index contributed by atoms with van der Waals surface area (Å²) in [5.74, 6) is 0.784. The number of hydrogen-bond acceptors (Lipinski definition) is 3. The average molecular weight is 235 g/mol. The first kappa shape index (κ1) is 13.7. The Morgan fingerprint density at radius 1 is 1.41 bits per heavy atom. The minimum absolute atomic E-state index is 0.198. The summed E-state index contributed by atoms with van der Waals surface area (Å²) in [5.41, 5.74) is 1.19. The van der Waals surface area contributed by atoms with Crippen molar-refractivity contribution in [3.05, 3.63) is 42.5 Å². The van der Waals surface area contributed by atoms with E-state index in [2.05, 4.69) is 11.9 Å². The van der Waals surface area contributed by atoms with E-state index in [0.29, 0.717) is 13.2 Å². The number of aliphatic hydroxyl groups is 1. The van der Waals surface area contributed by atoms with Crippen LogP contribution in [0.4, 0.5) is 0 Å². The lowest BCUT2D eigenvalue weighted by Gasteiger charge is -2.15. The summed E-state index contributed by atoms with van der Waals surface area (Å²) in [4.78, 5) is 0. The largest absolute Gasteiger partial charge is 0.491 e. The smallest absolute Gasteiger partial charge is 0.119 e. The van der Waals surface area contributed by atoms with Crippen LogP contribution in [-0.2, 0) is 0 Å². The molecular weight excluding hydrogens is 214 g/mol. The lowest BCUT2D eigenvalue weighted by atomic mass is 10.2. The van der Waals surface area contributed by atoms with E-state index in [9.17, 15) is 5.11 Å². The molecule has 0 bridgehead atoms. The van der Waals surface area contributed by atoms with Gasteiger partial charge in [0.15, 0.2) is 0 Å². The second-order valence-electron chi connectivity index (χ2n) is 4.21. The molecule has 17 heavy (non-hydrogen) atoms. The van der Waals surface area contributed by atoms with Crippen molar-refractivity contribution in [2.75, 3.05) is 13.2 Å². The highest BCUT2D eigenvalue weighted by Gasteiger charge is 2.06. The molecule has 3 heteroatoms. The van der Waals surface area contributed by atoms with E-state index in [1.54, 1.807) is 6.08 Å². The number of nitrogens with one attached hydrogen (secondary N) is 1. The molecule has 2 N–H and O–H groups in total. The minimum atomic E-state index is -0.515. The highest BCUT2D eigenvalue weighted by atomic mass is 16.5. The van der Waals surface area contributed by atoms with Crippen LogP contribution in [0.2, 0.25) is 0 Å². The summed E-state index contributed by atoms with van der Waals surface area (Å²) in [7, 11) is 0. The lowest BCUT2D eigenvalue weighted by Crippen LogP contribution is -2.35. The summed E-state index contributed by atoms with van der Waals surface area (Å²) in [6, 6.07) is 7.98. The van der Waals surface area contributed by atoms with E-state index in [1.807, 2.05) is 38.1 Å². The average Bonchev–Trinajstić information content (AvgIpc) is 2.35. The zero-order valence-electron chi connectivity index (χ0n) is 10.5. The maximum atomic E-state index is 9.69. The molecule has 0 saturated carbocycles. The zero-order chi connectivity index (χ0) is 12.7. The number of aryl methyl sites for hydroxylation is 1. The van der Waals surface area contributed by atoms with Crippen molar-refractivity contribution in [3.63, 3.8) is 0 Å². The second kappa shape index (κ2) is 7.09. The van der Waals surface area contributed by atoms with Gasteiger partial charge in [0.25, 0.3) is 0 Å². The highest BCUT2D eigenvalue weighted by molar-refractivity contribution is 5.26. The number of rotatable bonds is 7. The van der Waals surface area contributed by atoms with E-state index in [1.165, 1.54) is 5.56 Å². The third-order valence-electron chi connectivity index (χ3n) is 2.49. The van der Waals surface area contributed by atoms with Crippen LogP contribution in [0, 0.1) is 6.92 Å². The van der Waals surface area contributed by atoms with E-state index >= 15 is 0 Å². The van der Waals surface area contributed by atoms with Crippen molar-refractivity contribution in [3.8, 4) is 5.75 Å². The van der Waals surface area contributed by atoms with Crippen LogP contribution >= 0.6 is 0 Å². The van der Waals surface area contributed by atoms with Gasteiger partial charge in [-0.25, -0.2) is 0 Å². The Balaban J connectivity index is 2.25. The van der Waals surface area contributed by atoms with Gasteiger partial charge in [-0.2, -0.15) is 0 Å². The standard InChI is InChI=1S/C14H21NO2/c1-4-12(3)15-9-13(16)10-17-14-7-5-11(2)6-8-14/h4-8,12-13,15-16H,1,9-10H2,2-3H3. The summed E-state index contributed by atoms with van der Waals surface area (Å²) in [5, 5.41) is 12.8. The topological polar surface area (TPSA) is 41.5 Å². The van der Waals surface area contributed by atoms with Crippen LogP contribution < -0.4 is 10.1 Å². The Morgan fingerprint density at radius 2 is 2.06 bits per heavy atom. The Bertz CT molecular complexity index is 335. The molecule has 1 aromatic carbocycles. The molecule has 2 unspecified atom stereocenters. The normalized spacial score (nSPS) is 14.1. The Labute approximate surface area is 103 Å². The molecule has 0 fully saturated rings. The first-order valence-corrected chi connectivity index (χ1v) is 5.85. The monoisotopic (exact) mass is 235 g/mol. The van der Waals surface area contributed by atoms with E-state index in [-0.39, 0.29) is 6.04 Å². The molecule has 0 amide bonds. The molecule has 0 saturated heterocycles. The SMILES string of the molecule is C=CC(C)NCC(O)COc1ccc(C)cc1. The number of hydrogen-bond donors (Lipinski definition) is 2. The Hall–Kier alpha value is -1.32. The van der Waals surface area contributed by atoms with E-state index in [4.69, 9.17) is 4.74 Å². The summed E-state index contributed by atoms with van der Waals surface area (Å²) < 4.78 is 5.47. The lowest BCUT2D eigenvalue weighted by molar-refractivity contribution is 0.105. The van der Waals surface area contributed by atoms with Gasteiger partial charge in [0.2, 0.25) is 0 Å². The molecule has 2 atom stereocenters. The minimum Gasteiger partial charge on any atom is -0.491 e. The van der Waals surface area contributed by atoms with Crippen LogP contribution in [-0.4, -0.2) is 30.4 Å². The van der Waals surface area contributed by atoms with Crippen LogP contribution in [0.3, 0.4) is 0 Å². The molecular formula is C14H21NO2. The van der Waals surface area contributed by atoms with Gasteiger partial charge in [-0.3, -0.25) is 0 Å². The summed E-state index contributed by atoms with van der Waals surface area (Å²) in [6.07, 6.45) is 1.28. The fourth-order valence-electron chi connectivity index (χ4n) is 1.29. The second-order valence-corrected chi connectivity index (χ2v) is 4.21. The van der Waals surface area contributed by atoms with Crippen LogP contribution in [0.15, 0.2) is 36.9 Å². The third-order valence-corrected chi connectivity index (χ3v) is 2.49. The Morgan fingerprint density at radius 3 is 2.65 bits per heavy atom. The van der Waals surface area contributed by atoms with Gasteiger partial charge >= 0.3 is 0 Å². The van der Waals surface area contributed by atoms with Crippen LogP contribution in [0.1, 0.15) is 12.5 Å². The van der Waals surface area contributed by atoms with Gasteiger partial charge in [0.05, 0.1) is 0 Å². The van der Waals surface area contributed by atoms with Crippen molar-refractivity contribution < 1.29 is 9.84 Å². The molecule has 1 rings (SSSR count). The maximum Gasteiger partial charge on any atom is 0.119 e. The zero-order valence-corrected chi connectivity index (χ0v) is 10.5. The van der Waals surface area contributed by atoms with Crippen LogP contribution in [0.25, 0.3) is 0 Å². The molecule has 0 spiro atoms. The number of aliphatic hydroxyl groups excluding tert-OH is 1. The highest BCUT2D eigenvalue weighted by Crippen LogP contribution is 2.11. The summed E-state index contributed by atoms with van der Waals surface area (Å²) >= 11 is 0. The molecule has 1 aromatic rings. The fraction of sp³-hybridized carbons (Fsp3) is 0.429. The predicted octanol–water partition coefficient (Wildman–Crippen LogP) is 1.90. The van der Waals surface area contributed by atoms with Gasteiger partial charge < -0.3 is 15.2 Å². The van der Waals surface area contributed by atoms with Crippen molar-refractivity contribution in [2.24, 2.45) is 0 Å². The van der Waals surface area contributed by atoms with Crippen LogP contribution in [0.5, 0.6) is 5.75 Å². The number of ether oxygens (including phenoxy) is 1. The van der Waals surface area contributed by atoms with Gasteiger partial charge in [-0.1, -0.05) is 23.8 Å². The van der Waals surface area contributed by atoms with Gasteiger partial charge in [0, 0.05) is 12.6 Å². The fourth-order valence-corrected chi connectivity index (χ4v) is 1.29. The molecule has 0 aliphatic carbocycles. The maximum absolute atomic E-state index is 9.69. The van der Waals surface area contributed by atoms with Gasteiger partial charge in [-0.05, 0) is 26.0 Å². The van der Waals surface area contributed by atoms with E-state index in [0.717, 1.165) is 5.75 Å². The van der Waals surface area contributed by atoms with Crippen molar-refractivity contribution >= 4 is 0 Å². The molecule has 0 heterocycles. The van der Waals surface area contributed by atoms with E-state index < -0.39 is 6.10 Å². The van der Waals surface area contributed by atoms with Crippen molar-refractivity contribution in [1.29, 1.82) is 0 Å². The summed E-state index contributed by atoms with van der Waals surface area (Å²) in [6.45, 7) is 8.47. The first-order valence-electron chi connectivity index (χ1n) is 5.85. The van der Waals surface area contributed by atoms with Gasteiger partial charge in [-0.15, -0.1) is 6.58 Å². The number of benzene rings is 1. The Kier molecular flexibility index (Phi) is 5.73. The molecule has 94 valence electrons. The van der Waals surface area contributed by atoms with Gasteiger partial charge in [0.1, 0.15) is 18.5 Å². The van der Waals surface area contributed by atoms with Crippen molar-refractivity contribution in [2.45, 2.75) is 26.0 Å². The molecule has 0 aliphatic rings. The molecule has 0 radical (unpaired) electrons. The first-order chi connectivity index (χ1) is 8.11. The third kappa shape index (κ3) is 5.52. The quantitative estimate of drug-likeness (QED) is 0.709. The molecule has 3 nitrogen and oxygen atoms in total. The molecule has 0 aromatic heterocycles. The van der Waals surface area contributed by atoms with Crippen molar-refractivity contribution in [1.82, 2.24) is 5.32 Å². The predicted molar refractivity (Wildman–Crippen MR) is 70.3 cm³/mol. The molecule has 0 aliphatic heterocycles.